The largest absolute Gasteiger partial charge is 0.454 e. The van der Waals surface area contributed by atoms with Gasteiger partial charge in [0.15, 0.2) is 17.3 Å². The lowest BCUT2D eigenvalue weighted by atomic mass is 10.0. The molecule has 2 aromatic rings. The summed E-state index contributed by atoms with van der Waals surface area (Å²) in [4.78, 5) is 12.0. The normalized spacial score (nSPS) is 27.7. The van der Waals surface area contributed by atoms with Crippen molar-refractivity contribution in [3.05, 3.63) is 23.0 Å². The Bertz CT molecular complexity index is 894. The Morgan fingerprint density at radius 1 is 1.21 bits per heavy atom. The van der Waals surface area contributed by atoms with Gasteiger partial charge in [0, 0.05) is 12.5 Å². The molecule has 3 aliphatic rings. The molecule has 2 saturated heterocycles. The maximum Gasteiger partial charge on any atom is 0.231 e. The molecule has 0 amide bonds. The third kappa shape index (κ3) is 2.00. The zero-order valence-corrected chi connectivity index (χ0v) is 13.1. The van der Waals surface area contributed by atoms with Crippen LogP contribution in [0.1, 0.15) is 12.5 Å². The number of hydrogen-bond donors (Lipinski definition) is 0. The Hall–Kier alpha value is -2.30. The predicted molar refractivity (Wildman–Crippen MR) is 79.6 cm³/mol. The second kappa shape index (κ2) is 5.10. The average Bonchev–Trinajstić information content (AvgIpc) is 3.30. The van der Waals surface area contributed by atoms with Gasteiger partial charge in [-0.2, -0.15) is 4.68 Å². The zero-order chi connectivity index (χ0) is 16.3. The van der Waals surface area contributed by atoms with Crippen LogP contribution < -0.4 is 9.47 Å². The minimum atomic E-state index is -0.746. The molecular weight excluding hydrogens is 336 g/mol. The van der Waals surface area contributed by atoms with Gasteiger partial charge >= 0.3 is 0 Å². The summed E-state index contributed by atoms with van der Waals surface area (Å²) in [6, 6.07) is 5.08. The van der Waals surface area contributed by atoms with E-state index in [2.05, 4.69) is 10.4 Å². The fourth-order valence-electron chi connectivity index (χ4n) is 3.11. The summed E-state index contributed by atoms with van der Waals surface area (Å²) in [6.07, 6.45) is -0.727. The van der Waals surface area contributed by atoms with Crippen molar-refractivity contribution in [2.24, 2.45) is 0 Å². The van der Waals surface area contributed by atoms with E-state index in [0.717, 1.165) is 0 Å². The van der Waals surface area contributed by atoms with Crippen LogP contribution in [0.2, 0.25) is 0 Å². The molecule has 3 atom stereocenters. The summed E-state index contributed by atoms with van der Waals surface area (Å²) >= 11 is 5.49. The first-order chi connectivity index (χ1) is 11.7. The predicted octanol–water partition coefficient (Wildman–Crippen LogP) is 0.782. The first-order valence-electron chi connectivity index (χ1n) is 7.45. The monoisotopic (exact) mass is 348 g/mol. The molecule has 2 bridgehead atoms. The van der Waals surface area contributed by atoms with Gasteiger partial charge in [0.25, 0.3) is 0 Å². The molecule has 1 aromatic heterocycles. The number of carbonyl (C=O) groups is 1. The van der Waals surface area contributed by atoms with Gasteiger partial charge in [-0.05, 0) is 34.8 Å². The third-order valence-corrected chi connectivity index (χ3v) is 4.69. The molecule has 0 saturated carbocycles. The van der Waals surface area contributed by atoms with Crippen LogP contribution in [0.4, 0.5) is 0 Å². The molecule has 2 fully saturated rings. The van der Waals surface area contributed by atoms with E-state index in [1.165, 1.54) is 4.68 Å². The van der Waals surface area contributed by atoms with Gasteiger partial charge in [0.1, 0.15) is 6.10 Å². The number of rotatable bonds is 2. The molecule has 0 radical (unpaired) electrons. The van der Waals surface area contributed by atoms with Crippen molar-refractivity contribution in [2.75, 3.05) is 13.4 Å². The van der Waals surface area contributed by atoms with Crippen LogP contribution in [0.15, 0.2) is 18.2 Å². The molecule has 3 unspecified atom stereocenters. The molecule has 5 rings (SSSR count). The van der Waals surface area contributed by atoms with E-state index in [4.69, 9.17) is 31.2 Å². The molecule has 0 spiro atoms. The Morgan fingerprint density at radius 2 is 2.08 bits per heavy atom. The van der Waals surface area contributed by atoms with Crippen LogP contribution in [0.5, 0.6) is 11.5 Å². The lowest BCUT2D eigenvalue weighted by Gasteiger charge is -2.25. The minimum Gasteiger partial charge on any atom is -0.454 e. The fourth-order valence-corrected chi connectivity index (χ4v) is 3.43. The molecular formula is C14H12N4O5S. The van der Waals surface area contributed by atoms with Crippen molar-refractivity contribution in [3.63, 3.8) is 0 Å². The summed E-state index contributed by atoms with van der Waals surface area (Å²) in [6.45, 7) is 0.543. The first-order valence-corrected chi connectivity index (χ1v) is 7.86. The molecule has 3 aliphatic heterocycles. The van der Waals surface area contributed by atoms with Gasteiger partial charge in [-0.25, -0.2) is 4.68 Å². The van der Waals surface area contributed by atoms with E-state index in [-0.39, 0.29) is 31.1 Å². The molecule has 10 heteroatoms. The zero-order valence-electron chi connectivity index (χ0n) is 12.3. The van der Waals surface area contributed by atoms with Crippen molar-refractivity contribution in [2.45, 2.75) is 24.9 Å². The van der Waals surface area contributed by atoms with E-state index in [1.807, 2.05) is 6.07 Å². The summed E-state index contributed by atoms with van der Waals surface area (Å²) < 4.78 is 25.0. The van der Waals surface area contributed by atoms with E-state index in [0.29, 0.717) is 28.6 Å². The number of ether oxygens (including phenoxy) is 4. The highest BCUT2D eigenvalue weighted by atomic mass is 32.1. The van der Waals surface area contributed by atoms with Crippen LogP contribution in [-0.4, -0.2) is 51.4 Å². The quantitative estimate of drug-likeness (QED) is 0.736. The standard InChI is InChI=1S/C14H12N4O5S/c19-9-4-8(12-5-20-13(9)23-12)18-14(24)17(15-16-18)7-1-2-10-11(3-7)22-6-21-10/h1-3,8,12-13H,4-6H2. The summed E-state index contributed by atoms with van der Waals surface area (Å²) in [5.41, 5.74) is 0.708. The number of Topliss-reactive ketones (excluding diaryl/α,β-unsaturated/α-hetero) is 1. The van der Waals surface area contributed by atoms with E-state index in [9.17, 15) is 4.79 Å². The molecule has 0 aliphatic carbocycles. The summed E-state index contributed by atoms with van der Waals surface area (Å²) in [5, 5.41) is 8.24. The number of carbonyl (C=O) groups excluding carboxylic acids is 1. The molecule has 124 valence electrons. The summed E-state index contributed by atoms with van der Waals surface area (Å²) in [7, 11) is 0. The van der Waals surface area contributed by atoms with Gasteiger partial charge < -0.3 is 18.9 Å². The lowest BCUT2D eigenvalue weighted by molar-refractivity contribution is -0.156. The molecule has 1 aromatic carbocycles. The van der Waals surface area contributed by atoms with Crippen LogP contribution in [0.3, 0.4) is 0 Å². The SMILES string of the molecule is O=C1CC(n2nnn(-c3ccc4c(c3)OCO4)c2=S)C2COC1O2. The van der Waals surface area contributed by atoms with Gasteiger partial charge in [0.05, 0.1) is 18.3 Å². The Balaban J connectivity index is 1.52. The molecule has 9 nitrogen and oxygen atoms in total. The molecule has 0 N–H and O–H groups in total. The second-order valence-electron chi connectivity index (χ2n) is 5.73. The van der Waals surface area contributed by atoms with Crippen LogP contribution in [0.25, 0.3) is 5.69 Å². The number of nitrogens with zero attached hydrogens (tertiary/aromatic N) is 4. The second-order valence-corrected chi connectivity index (χ2v) is 6.10. The fraction of sp³-hybridized carbons (Fsp3) is 0.429. The number of hydrogen-bond acceptors (Lipinski definition) is 8. The number of benzene rings is 1. The number of fused-ring (bicyclic) bond motifs is 3. The van der Waals surface area contributed by atoms with Crippen molar-refractivity contribution >= 4 is 18.0 Å². The highest BCUT2D eigenvalue weighted by molar-refractivity contribution is 7.71. The number of aromatic nitrogens is 4. The minimum absolute atomic E-state index is 0.103. The lowest BCUT2D eigenvalue weighted by Crippen LogP contribution is -2.37. The van der Waals surface area contributed by atoms with Crippen molar-refractivity contribution in [1.82, 2.24) is 19.8 Å². The highest BCUT2D eigenvalue weighted by Gasteiger charge is 2.45. The van der Waals surface area contributed by atoms with Gasteiger partial charge in [-0.15, -0.1) is 0 Å². The third-order valence-electron chi connectivity index (χ3n) is 4.33. The topological polar surface area (TPSA) is 89.6 Å². The Kier molecular flexibility index (Phi) is 2.99. The summed E-state index contributed by atoms with van der Waals surface area (Å²) in [5.74, 6) is 1.21. The molecule has 4 heterocycles. The van der Waals surface area contributed by atoms with Gasteiger partial charge in [-0.1, -0.05) is 0 Å². The molecule has 24 heavy (non-hydrogen) atoms. The Labute approximate surface area is 140 Å². The number of ketones is 1. The smallest absolute Gasteiger partial charge is 0.231 e. The average molecular weight is 348 g/mol. The van der Waals surface area contributed by atoms with E-state index >= 15 is 0 Å². The van der Waals surface area contributed by atoms with Crippen molar-refractivity contribution < 1.29 is 23.7 Å². The first kappa shape index (κ1) is 14.1. The van der Waals surface area contributed by atoms with Crippen LogP contribution >= 0.6 is 12.2 Å². The van der Waals surface area contributed by atoms with Crippen LogP contribution in [-0.2, 0) is 14.3 Å². The van der Waals surface area contributed by atoms with Crippen molar-refractivity contribution in [3.8, 4) is 17.2 Å². The highest BCUT2D eigenvalue weighted by Crippen LogP contribution is 2.35. The van der Waals surface area contributed by atoms with E-state index in [1.54, 1.807) is 16.8 Å². The Morgan fingerprint density at radius 3 is 3.00 bits per heavy atom. The van der Waals surface area contributed by atoms with Crippen molar-refractivity contribution in [1.29, 1.82) is 0 Å². The maximum atomic E-state index is 12.0. The van der Waals surface area contributed by atoms with Gasteiger partial charge in [0.2, 0.25) is 17.9 Å². The number of tetrazole rings is 1. The van der Waals surface area contributed by atoms with Crippen LogP contribution in [0, 0.1) is 4.77 Å². The van der Waals surface area contributed by atoms with Gasteiger partial charge in [-0.3, -0.25) is 4.79 Å². The van der Waals surface area contributed by atoms with E-state index < -0.39 is 6.29 Å². The maximum absolute atomic E-state index is 12.0.